The second kappa shape index (κ2) is 7.58. The van der Waals surface area contributed by atoms with Gasteiger partial charge in [-0.15, -0.1) is 0 Å². The predicted octanol–water partition coefficient (Wildman–Crippen LogP) is 3.23. The second-order valence-corrected chi connectivity index (χ2v) is 4.90. The average molecular weight is 321 g/mol. The third kappa shape index (κ3) is 4.42. The Labute approximate surface area is 133 Å². The van der Waals surface area contributed by atoms with Crippen LogP contribution in [-0.2, 0) is 4.79 Å². The molecule has 1 amide bonds. The molecule has 2 aromatic carbocycles. The van der Waals surface area contributed by atoms with Gasteiger partial charge in [-0.25, -0.2) is 8.78 Å². The van der Waals surface area contributed by atoms with Crippen LogP contribution in [-0.4, -0.2) is 19.6 Å². The highest BCUT2D eigenvalue weighted by Gasteiger charge is 2.13. The van der Waals surface area contributed by atoms with Crippen LogP contribution in [0.4, 0.5) is 8.78 Å². The van der Waals surface area contributed by atoms with Gasteiger partial charge < -0.3 is 14.8 Å². The molecule has 0 aliphatic rings. The number of nitrogens with one attached hydrogen (secondary N) is 1. The molecule has 0 saturated heterocycles. The summed E-state index contributed by atoms with van der Waals surface area (Å²) in [5.41, 5.74) is 0.586. The normalized spacial score (nSPS) is 11.7. The van der Waals surface area contributed by atoms with Crippen LogP contribution in [0.25, 0.3) is 0 Å². The van der Waals surface area contributed by atoms with Gasteiger partial charge in [0.05, 0.1) is 13.2 Å². The van der Waals surface area contributed by atoms with Gasteiger partial charge in [-0.1, -0.05) is 18.2 Å². The zero-order chi connectivity index (χ0) is 16.8. The molecule has 122 valence electrons. The highest BCUT2D eigenvalue weighted by molar-refractivity contribution is 5.78. The fraction of sp³-hybridized carbons (Fsp3) is 0.235. The summed E-state index contributed by atoms with van der Waals surface area (Å²) >= 11 is 0. The number of carbonyl (C=O) groups is 1. The lowest BCUT2D eigenvalue weighted by Crippen LogP contribution is -2.31. The minimum absolute atomic E-state index is 0.00537. The summed E-state index contributed by atoms with van der Waals surface area (Å²) in [6, 6.07) is 9.84. The molecule has 0 aliphatic carbocycles. The van der Waals surface area contributed by atoms with E-state index in [0.717, 1.165) is 0 Å². The van der Waals surface area contributed by atoms with Crippen molar-refractivity contribution in [2.24, 2.45) is 0 Å². The molecule has 1 N–H and O–H groups in total. The van der Waals surface area contributed by atoms with Crippen molar-refractivity contribution in [3.05, 3.63) is 59.7 Å². The standard InChI is InChI=1S/C17H17F2NO3/c1-11(12-7-8-15(22-2)14(19)9-12)20-17(21)10-23-16-6-4-3-5-13(16)18/h3-9,11H,10H2,1-2H3,(H,20,21). The van der Waals surface area contributed by atoms with Gasteiger partial charge in [-0.3, -0.25) is 4.79 Å². The summed E-state index contributed by atoms with van der Waals surface area (Å²) < 4.78 is 37.0. The van der Waals surface area contributed by atoms with E-state index in [2.05, 4.69) is 5.32 Å². The number of hydrogen-bond acceptors (Lipinski definition) is 3. The fourth-order valence-corrected chi connectivity index (χ4v) is 2.02. The predicted molar refractivity (Wildman–Crippen MR) is 81.4 cm³/mol. The molecule has 0 aromatic heterocycles. The smallest absolute Gasteiger partial charge is 0.258 e. The maximum atomic E-state index is 13.7. The average Bonchev–Trinajstić information content (AvgIpc) is 2.54. The number of benzene rings is 2. The van der Waals surface area contributed by atoms with Crippen molar-refractivity contribution < 1.29 is 23.0 Å². The van der Waals surface area contributed by atoms with Gasteiger partial charge in [-0.05, 0) is 36.8 Å². The molecule has 0 aliphatic heterocycles. The number of methoxy groups -OCH3 is 1. The molecular weight excluding hydrogens is 304 g/mol. The third-order valence-corrected chi connectivity index (χ3v) is 3.25. The van der Waals surface area contributed by atoms with Crippen LogP contribution in [0.3, 0.4) is 0 Å². The Balaban J connectivity index is 1.92. The first-order chi connectivity index (χ1) is 11.0. The van der Waals surface area contributed by atoms with Crippen molar-refractivity contribution >= 4 is 5.91 Å². The highest BCUT2D eigenvalue weighted by atomic mass is 19.1. The van der Waals surface area contributed by atoms with Crippen LogP contribution >= 0.6 is 0 Å². The molecule has 4 nitrogen and oxygen atoms in total. The quantitative estimate of drug-likeness (QED) is 0.888. The van der Waals surface area contributed by atoms with Crippen molar-refractivity contribution in [2.75, 3.05) is 13.7 Å². The minimum Gasteiger partial charge on any atom is -0.494 e. The van der Waals surface area contributed by atoms with Gasteiger partial charge in [0, 0.05) is 0 Å². The first-order valence-electron chi connectivity index (χ1n) is 7.01. The summed E-state index contributed by atoms with van der Waals surface area (Å²) in [4.78, 5) is 11.8. The number of ether oxygens (including phenoxy) is 2. The number of rotatable bonds is 6. The van der Waals surface area contributed by atoms with Gasteiger partial charge in [0.15, 0.2) is 29.7 Å². The van der Waals surface area contributed by atoms with E-state index < -0.39 is 23.6 Å². The van der Waals surface area contributed by atoms with E-state index in [1.54, 1.807) is 19.1 Å². The van der Waals surface area contributed by atoms with E-state index in [1.807, 2.05) is 0 Å². The van der Waals surface area contributed by atoms with E-state index in [9.17, 15) is 13.6 Å². The lowest BCUT2D eigenvalue weighted by molar-refractivity contribution is -0.123. The Hall–Kier alpha value is -2.63. The van der Waals surface area contributed by atoms with E-state index in [0.29, 0.717) is 5.56 Å². The van der Waals surface area contributed by atoms with E-state index in [-0.39, 0.29) is 18.1 Å². The molecule has 0 heterocycles. The second-order valence-electron chi connectivity index (χ2n) is 4.90. The van der Waals surface area contributed by atoms with Crippen LogP contribution in [0.1, 0.15) is 18.5 Å². The van der Waals surface area contributed by atoms with Crippen LogP contribution < -0.4 is 14.8 Å². The summed E-state index contributed by atoms with van der Waals surface area (Å²) in [6.45, 7) is 1.38. The topological polar surface area (TPSA) is 47.6 Å². The number of hydrogen-bond donors (Lipinski definition) is 1. The van der Waals surface area contributed by atoms with Crippen molar-refractivity contribution in [1.82, 2.24) is 5.32 Å². The van der Waals surface area contributed by atoms with Crippen molar-refractivity contribution in [2.45, 2.75) is 13.0 Å². The Morgan fingerprint density at radius 2 is 1.87 bits per heavy atom. The molecule has 0 spiro atoms. The number of amides is 1. The molecule has 0 radical (unpaired) electrons. The summed E-state index contributed by atoms with van der Waals surface area (Å²) in [6.07, 6.45) is 0. The minimum atomic E-state index is -0.537. The zero-order valence-corrected chi connectivity index (χ0v) is 12.8. The largest absolute Gasteiger partial charge is 0.494 e. The maximum Gasteiger partial charge on any atom is 0.258 e. The molecular formula is C17H17F2NO3. The van der Waals surface area contributed by atoms with Gasteiger partial charge in [0.1, 0.15) is 0 Å². The molecule has 0 saturated carbocycles. The fourth-order valence-electron chi connectivity index (χ4n) is 2.02. The molecule has 2 aromatic rings. The lowest BCUT2D eigenvalue weighted by atomic mass is 10.1. The zero-order valence-electron chi connectivity index (χ0n) is 12.8. The Morgan fingerprint density at radius 3 is 2.52 bits per heavy atom. The first-order valence-corrected chi connectivity index (χ1v) is 7.01. The Bertz CT molecular complexity index is 691. The summed E-state index contributed by atoms with van der Waals surface area (Å²) in [7, 11) is 1.38. The van der Waals surface area contributed by atoms with Crippen molar-refractivity contribution in [3.8, 4) is 11.5 Å². The summed E-state index contributed by atoms with van der Waals surface area (Å²) in [5, 5.41) is 2.66. The van der Waals surface area contributed by atoms with Crippen LogP contribution in [0.5, 0.6) is 11.5 Å². The van der Waals surface area contributed by atoms with Gasteiger partial charge in [-0.2, -0.15) is 0 Å². The SMILES string of the molecule is COc1ccc(C(C)NC(=O)COc2ccccc2F)cc1F. The van der Waals surface area contributed by atoms with E-state index in [4.69, 9.17) is 9.47 Å². The summed E-state index contributed by atoms with van der Waals surface area (Å²) in [5.74, 6) is -1.34. The maximum absolute atomic E-state index is 13.7. The van der Waals surface area contributed by atoms with E-state index >= 15 is 0 Å². The molecule has 0 fully saturated rings. The van der Waals surface area contributed by atoms with Gasteiger partial charge in [0.25, 0.3) is 5.91 Å². The number of halogens is 2. The van der Waals surface area contributed by atoms with Crippen LogP contribution in [0.2, 0.25) is 0 Å². The molecule has 0 bridgehead atoms. The van der Waals surface area contributed by atoms with Crippen LogP contribution in [0.15, 0.2) is 42.5 Å². The lowest BCUT2D eigenvalue weighted by Gasteiger charge is -2.15. The molecule has 1 atom stereocenters. The Morgan fingerprint density at radius 1 is 1.13 bits per heavy atom. The van der Waals surface area contributed by atoms with Crippen molar-refractivity contribution in [1.29, 1.82) is 0 Å². The van der Waals surface area contributed by atoms with Crippen molar-refractivity contribution in [3.63, 3.8) is 0 Å². The third-order valence-electron chi connectivity index (χ3n) is 3.25. The number of para-hydroxylation sites is 1. The van der Waals surface area contributed by atoms with Crippen LogP contribution in [0, 0.1) is 11.6 Å². The Kier molecular flexibility index (Phi) is 5.51. The molecule has 6 heteroatoms. The monoisotopic (exact) mass is 321 g/mol. The number of carbonyl (C=O) groups excluding carboxylic acids is 1. The molecule has 1 unspecified atom stereocenters. The molecule has 23 heavy (non-hydrogen) atoms. The highest BCUT2D eigenvalue weighted by Crippen LogP contribution is 2.21. The van der Waals surface area contributed by atoms with Gasteiger partial charge >= 0.3 is 0 Å². The van der Waals surface area contributed by atoms with Gasteiger partial charge in [0.2, 0.25) is 0 Å². The first kappa shape index (κ1) is 16.7. The van der Waals surface area contributed by atoms with E-state index in [1.165, 1.54) is 37.4 Å². The molecule has 2 rings (SSSR count).